The van der Waals surface area contributed by atoms with Gasteiger partial charge in [0.1, 0.15) is 11.8 Å². The highest BCUT2D eigenvalue weighted by atomic mass is 16.6. The summed E-state index contributed by atoms with van der Waals surface area (Å²) in [6.45, 7) is 1.68. The van der Waals surface area contributed by atoms with Gasteiger partial charge in [-0.15, -0.1) is 0 Å². The Morgan fingerprint density at radius 1 is 1.03 bits per heavy atom. The molecule has 0 aliphatic heterocycles. The van der Waals surface area contributed by atoms with Crippen molar-refractivity contribution < 1.29 is 38.6 Å². The summed E-state index contributed by atoms with van der Waals surface area (Å²) in [5, 5.41) is 24.2. The number of methoxy groups -OCH3 is 3. The van der Waals surface area contributed by atoms with E-state index in [1.54, 1.807) is 25.1 Å². The van der Waals surface area contributed by atoms with E-state index in [1.165, 1.54) is 51.7 Å². The van der Waals surface area contributed by atoms with Gasteiger partial charge in [-0.25, -0.2) is 14.4 Å². The fourth-order valence-electron chi connectivity index (χ4n) is 4.47. The first kappa shape index (κ1) is 27.9. The van der Waals surface area contributed by atoms with Crippen LogP contribution in [0.4, 0.5) is 5.69 Å². The quantitative estimate of drug-likeness (QED) is 0.216. The molecular weight excluding hydrogens is 496 g/mol. The topological polar surface area (TPSA) is 154 Å². The number of hydrogen-bond donors (Lipinski definition) is 2. The lowest BCUT2D eigenvalue weighted by Gasteiger charge is -2.32. The first-order chi connectivity index (χ1) is 18.1. The van der Waals surface area contributed by atoms with Gasteiger partial charge in [-0.3, -0.25) is 10.1 Å². The Hall–Kier alpha value is -4.67. The number of nitro groups is 1. The molecule has 0 spiro atoms. The second-order valence-corrected chi connectivity index (χ2v) is 8.62. The second kappa shape index (κ2) is 12.0. The van der Waals surface area contributed by atoms with Crippen molar-refractivity contribution in [3.63, 3.8) is 0 Å². The van der Waals surface area contributed by atoms with Crippen LogP contribution in [-0.4, -0.2) is 55.3 Å². The van der Waals surface area contributed by atoms with Gasteiger partial charge in [0.15, 0.2) is 0 Å². The first-order valence-corrected chi connectivity index (χ1v) is 11.6. The van der Waals surface area contributed by atoms with Crippen molar-refractivity contribution in [2.24, 2.45) is 0 Å². The van der Waals surface area contributed by atoms with E-state index in [0.29, 0.717) is 22.4 Å². The van der Waals surface area contributed by atoms with Crippen LogP contribution in [-0.2, 0) is 35.0 Å². The second-order valence-electron chi connectivity index (χ2n) is 8.62. The number of esters is 3. The summed E-state index contributed by atoms with van der Waals surface area (Å²) >= 11 is 0. The summed E-state index contributed by atoms with van der Waals surface area (Å²) in [4.78, 5) is 49.7. The zero-order valence-corrected chi connectivity index (χ0v) is 21.3. The predicted octanol–water partition coefficient (Wildman–Crippen LogP) is 3.08. The molecule has 0 saturated heterocycles. The van der Waals surface area contributed by atoms with Crippen LogP contribution in [0.3, 0.4) is 0 Å². The Kier molecular flexibility index (Phi) is 8.85. The summed E-state index contributed by atoms with van der Waals surface area (Å²) in [6.07, 6.45) is 0.225. The number of aromatic hydroxyl groups is 1. The highest BCUT2D eigenvalue weighted by molar-refractivity contribution is 6.00. The largest absolute Gasteiger partial charge is 0.508 e. The molecule has 0 aromatic heterocycles. The van der Waals surface area contributed by atoms with Crippen LogP contribution in [0.15, 0.2) is 70.9 Å². The molecule has 11 heteroatoms. The molecule has 0 heterocycles. The number of rotatable bonds is 9. The molecule has 0 fully saturated rings. The van der Waals surface area contributed by atoms with Crippen LogP contribution in [0, 0.1) is 10.1 Å². The number of ether oxygens (including phenoxy) is 3. The van der Waals surface area contributed by atoms with E-state index >= 15 is 0 Å². The molecule has 0 bridgehead atoms. The molecule has 11 nitrogen and oxygen atoms in total. The summed E-state index contributed by atoms with van der Waals surface area (Å²) in [5.41, 5.74) is 1.77. The predicted molar refractivity (Wildman–Crippen MR) is 135 cm³/mol. The molecule has 0 unspecified atom stereocenters. The van der Waals surface area contributed by atoms with Crippen molar-refractivity contribution in [2.75, 3.05) is 21.3 Å². The number of carbonyl (C=O) groups is 3. The number of carbonyl (C=O) groups excluding carboxylic acids is 3. The van der Waals surface area contributed by atoms with E-state index in [-0.39, 0.29) is 35.4 Å². The molecule has 200 valence electrons. The minimum Gasteiger partial charge on any atom is -0.508 e. The van der Waals surface area contributed by atoms with Crippen LogP contribution >= 0.6 is 0 Å². The Labute approximate surface area is 218 Å². The molecule has 0 amide bonds. The van der Waals surface area contributed by atoms with Crippen LogP contribution in [0.2, 0.25) is 0 Å². The molecule has 2 aromatic carbocycles. The van der Waals surface area contributed by atoms with Crippen molar-refractivity contribution >= 4 is 23.6 Å². The highest BCUT2D eigenvalue weighted by Crippen LogP contribution is 2.43. The Morgan fingerprint density at radius 3 is 2.24 bits per heavy atom. The lowest BCUT2D eigenvalue weighted by molar-refractivity contribution is -0.384. The molecule has 1 aliphatic carbocycles. The smallest absolute Gasteiger partial charge is 0.336 e. The van der Waals surface area contributed by atoms with Gasteiger partial charge in [-0.2, -0.15) is 0 Å². The van der Waals surface area contributed by atoms with Crippen LogP contribution < -0.4 is 5.32 Å². The monoisotopic (exact) mass is 524 g/mol. The number of nitro benzene ring substituents is 1. The number of nitrogens with one attached hydrogen (secondary N) is 1. The molecule has 3 rings (SSSR count). The number of allylic oxidation sites excluding steroid dienone is 1. The minimum absolute atomic E-state index is 0.0126. The lowest BCUT2D eigenvalue weighted by Crippen LogP contribution is -2.41. The van der Waals surface area contributed by atoms with Gasteiger partial charge in [-0.1, -0.05) is 29.8 Å². The number of phenols is 1. The van der Waals surface area contributed by atoms with Crippen LogP contribution in [0.5, 0.6) is 5.75 Å². The van der Waals surface area contributed by atoms with Crippen LogP contribution in [0.25, 0.3) is 0 Å². The van der Waals surface area contributed by atoms with Gasteiger partial charge >= 0.3 is 17.9 Å². The van der Waals surface area contributed by atoms with Crippen molar-refractivity contribution in [3.8, 4) is 5.75 Å². The van der Waals surface area contributed by atoms with Crippen molar-refractivity contribution in [2.45, 2.75) is 31.7 Å². The first-order valence-electron chi connectivity index (χ1n) is 11.6. The normalized spacial score (nSPS) is 15.9. The van der Waals surface area contributed by atoms with Gasteiger partial charge in [-0.05, 0) is 30.2 Å². The Bertz CT molecular complexity index is 1310. The average molecular weight is 525 g/mol. The molecule has 1 aliphatic rings. The molecular formula is C27H28N2O9. The Morgan fingerprint density at radius 2 is 1.66 bits per heavy atom. The average Bonchev–Trinajstić information content (AvgIpc) is 2.92. The van der Waals surface area contributed by atoms with Crippen molar-refractivity contribution in [1.82, 2.24) is 5.32 Å². The van der Waals surface area contributed by atoms with Gasteiger partial charge in [0.25, 0.3) is 5.69 Å². The third-order valence-corrected chi connectivity index (χ3v) is 6.24. The third kappa shape index (κ3) is 6.00. The third-order valence-electron chi connectivity index (χ3n) is 6.24. The van der Waals surface area contributed by atoms with E-state index in [0.717, 1.165) is 0 Å². The zero-order valence-electron chi connectivity index (χ0n) is 21.3. The van der Waals surface area contributed by atoms with E-state index in [4.69, 9.17) is 14.2 Å². The van der Waals surface area contributed by atoms with Gasteiger partial charge in [0.2, 0.25) is 0 Å². The minimum atomic E-state index is -1.07. The molecule has 2 aromatic rings. The summed E-state index contributed by atoms with van der Waals surface area (Å²) in [5.74, 6) is -3.10. The molecule has 0 radical (unpaired) electrons. The van der Waals surface area contributed by atoms with Crippen LogP contribution in [0.1, 0.15) is 30.4 Å². The number of non-ortho nitro benzene ring substituents is 1. The fraction of sp³-hybridized carbons (Fsp3) is 0.296. The van der Waals surface area contributed by atoms with E-state index < -0.39 is 34.8 Å². The number of benzene rings is 2. The SMILES string of the molecule is COC(=O)C1=C(C)CC(N[C@@H](Cc2ccc(O)cc2)C(=O)OC)=C(C(=O)OC)[C@H]1c1cccc([N+](=O)[O-])c1. The molecule has 2 atom stereocenters. The number of hydrogen-bond acceptors (Lipinski definition) is 10. The highest BCUT2D eigenvalue weighted by Gasteiger charge is 2.40. The number of phenolic OH excluding ortho intramolecular Hbond substituents is 1. The van der Waals surface area contributed by atoms with E-state index in [9.17, 15) is 29.6 Å². The summed E-state index contributed by atoms with van der Waals surface area (Å²) < 4.78 is 15.0. The van der Waals surface area contributed by atoms with Gasteiger partial charge < -0.3 is 24.6 Å². The fourth-order valence-corrected chi connectivity index (χ4v) is 4.47. The molecule has 2 N–H and O–H groups in total. The standard InChI is InChI=1S/C27H28N2O9/c1-15-12-20(28-21(25(31)36-2)13-16-8-10-19(30)11-9-16)24(27(33)38-4)23(22(15)26(32)37-3)17-6-5-7-18(14-17)29(34)35/h5-11,14,21,23,28,30H,12-13H2,1-4H3/t21-,23-/m0/s1. The van der Waals surface area contributed by atoms with Gasteiger partial charge in [0, 0.05) is 36.2 Å². The lowest BCUT2D eigenvalue weighted by atomic mass is 9.76. The number of nitrogens with zero attached hydrogens (tertiary/aromatic N) is 1. The maximum atomic E-state index is 13.2. The maximum Gasteiger partial charge on any atom is 0.336 e. The van der Waals surface area contributed by atoms with Crippen molar-refractivity contribution in [3.05, 3.63) is 92.2 Å². The van der Waals surface area contributed by atoms with Gasteiger partial charge in [0.05, 0.1) is 37.7 Å². The zero-order chi connectivity index (χ0) is 28.0. The molecule has 0 saturated carbocycles. The Balaban J connectivity index is 2.18. The summed E-state index contributed by atoms with van der Waals surface area (Å²) in [7, 11) is 3.61. The van der Waals surface area contributed by atoms with E-state index in [1.807, 2.05) is 0 Å². The van der Waals surface area contributed by atoms with E-state index in [2.05, 4.69) is 5.32 Å². The summed E-state index contributed by atoms with van der Waals surface area (Å²) in [6, 6.07) is 10.9. The molecule has 38 heavy (non-hydrogen) atoms. The maximum absolute atomic E-state index is 13.2. The van der Waals surface area contributed by atoms with Crippen molar-refractivity contribution in [1.29, 1.82) is 0 Å².